The molecule has 1 unspecified atom stereocenters. The van der Waals surface area contributed by atoms with Crippen LogP contribution in [0, 0.1) is 10.1 Å². The van der Waals surface area contributed by atoms with Crippen LogP contribution in [-0.4, -0.2) is 46.1 Å². The van der Waals surface area contributed by atoms with Crippen molar-refractivity contribution < 1.29 is 19.6 Å². The fourth-order valence-corrected chi connectivity index (χ4v) is 2.39. The van der Waals surface area contributed by atoms with Crippen molar-refractivity contribution in [3.63, 3.8) is 0 Å². The Morgan fingerprint density at radius 3 is 2.90 bits per heavy atom. The number of β-amino-alcohol motifs (C(OH)–C–C–N with tert-alkyl or cyclic N) is 1. The molecular weight excluding hydrogens is 276 g/mol. The Labute approximate surface area is 122 Å². The monoisotopic (exact) mass is 294 g/mol. The van der Waals surface area contributed by atoms with E-state index >= 15 is 0 Å². The topological polar surface area (TPSA) is 92.9 Å². The molecule has 0 aromatic heterocycles. The minimum absolute atomic E-state index is 0.0691. The van der Waals surface area contributed by atoms with Crippen LogP contribution in [0.1, 0.15) is 19.8 Å². The summed E-state index contributed by atoms with van der Waals surface area (Å²) in [5, 5.41) is 20.8. The SMILES string of the molecule is CC1(O)CCCN(C(=O)COc2ccccc2[N+](=O)[O-])C1. The van der Waals surface area contributed by atoms with Crippen LogP contribution in [0.15, 0.2) is 24.3 Å². The van der Waals surface area contributed by atoms with Crippen LogP contribution in [0.25, 0.3) is 0 Å². The molecule has 1 fully saturated rings. The lowest BCUT2D eigenvalue weighted by Gasteiger charge is -2.36. The highest BCUT2D eigenvalue weighted by Gasteiger charge is 2.31. The van der Waals surface area contributed by atoms with E-state index < -0.39 is 10.5 Å². The van der Waals surface area contributed by atoms with Crippen LogP contribution in [-0.2, 0) is 4.79 Å². The zero-order valence-corrected chi connectivity index (χ0v) is 11.8. The molecule has 7 heteroatoms. The van der Waals surface area contributed by atoms with Crippen molar-refractivity contribution in [3.8, 4) is 5.75 Å². The smallest absolute Gasteiger partial charge is 0.310 e. The number of nitro benzene ring substituents is 1. The summed E-state index contributed by atoms with van der Waals surface area (Å²) in [6, 6.07) is 5.93. The number of piperidine rings is 1. The van der Waals surface area contributed by atoms with E-state index in [4.69, 9.17) is 4.74 Å². The summed E-state index contributed by atoms with van der Waals surface area (Å²) in [5.74, 6) is -0.215. The van der Waals surface area contributed by atoms with Crippen LogP contribution >= 0.6 is 0 Å². The molecule has 1 aromatic carbocycles. The van der Waals surface area contributed by atoms with Crippen LogP contribution in [0.3, 0.4) is 0 Å². The van der Waals surface area contributed by atoms with E-state index in [-0.39, 0.29) is 30.5 Å². The maximum absolute atomic E-state index is 12.1. The number of carbonyl (C=O) groups excluding carboxylic acids is 1. The first kappa shape index (κ1) is 15.2. The highest BCUT2D eigenvalue weighted by molar-refractivity contribution is 5.78. The average Bonchev–Trinajstić information content (AvgIpc) is 2.43. The van der Waals surface area contributed by atoms with Gasteiger partial charge in [-0.25, -0.2) is 0 Å². The number of likely N-dealkylation sites (tertiary alicyclic amines) is 1. The average molecular weight is 294 g/mol. The molecule has 0 radical (unpaired) electrons. The van der Waals surface area contributed by atoms with Crippen LogP contribution < -0.4 is 4.74 Å². The molecule has 1 N–H and O–H groups in total. The summed E-state index contributed by atoms with van der Waals surface area (Å²) in [7, 11) is 0. The molecule has 1 aliphatic rings. The summed E-state index contributed by atoms with van der Waals surface area (Å²) < 4.78 is 5.27. The Balaban J connectivity index is 1.97. The molecule has 0 saturated carbocycles. The molecule has 21 heavy (non-hydrogen) atoms. The van der Waals surface area contributed by atoms with Crippen molar-refractivity contribution in [1.82, 2.24) is 4.90 Å². The molecule has 1 amide bonds. The Bertz CT molecular complexity index is 544. The minimum Gasteiger partial charge on any atom is -0.477 e. The van der Waals surface area contributed by atoms with Gasteiger partial charge in [0.05, 0.1) is 10.5 Å². The van der Waals surface area contributed by atoms with Crippen molar-refractivity contribution in [3.05, 3.63) is 34.4 Å². The van der Waals surface area contributed by atoms with Gasteiger partial charge < -0.3 is 14.7 Å². The normalized spacial score (nSPS) is 21.9. The molecule has 7 nitrogen and oxygen atoms in total. The number of ether oxygens (including phenoxy) is 1. The Morgan fingerprint density at radius 2 is 2.24 bits per heavy atom. The van der Waals surface area contributed by atoms with Gasteiger partial charge in [0, 0.05) is 19.2 Å². The number of benzene rings is 1. The van der Waals surface area contributed by atoms with Crippen LogP contribution in [0.4, 0.5) is 5.69 Å². The largest absolute Gasteiger partial charge is 0.477 e. The molecule has 0 aliphatic carbocycles. The Hall–Kier alpha value is -2.15. The van der Waals surface area contributed by atoms with E-state index in [9.17, 15) is 20.0 Å². The third-order valence-corrected chi connectivity index (χ3v) is 3.44. The van der Waals surface area contributed by atoms with E-state index in [0.29, 0.717) is 13.0 Å². The first-order valence-corrected chi connectivity index (χ1v) is 6.75. The number of hydrogen-bond donors (Lipinski definition) is 1. The van der Waals surface area contributed by atoms with E-state index in [1.54, 1.807) is 13.0 Å². The minimum atomic E-state index is -0.882. The van der Waals surface area contributed by atoms with Gasteiger partial charge in [-0.05, 0) is 25.8 Å². The number of para-hydroxylation sites is 2. The van der Waals surface area contributed by atoms with E-state index in [0.717, 1.165) is 6.42 Å². The van der Waals surface area contributed by atoms with E-state index in [1.165, 1.54) is 23.1 Å². The fourth-order valence-electron chi connectivity index (χ4n) is 2.39. The molecular formula is C14H18N2O5. The number of hydrogen-bond acceptors (Lipinski definition) is 5. The molecule has 114 valence electrons. The predicted molar refractivity (Wildman–Crippen MR) is 75.0 cm³/mol. The summed E-state index contributed by atoms with van der Waals surface area (Å²) in [4.78, 5) is 23.9. The zero-order valence-electron chi connectivity index (χ0n) is 11.8. The van der Waals surface area contributed by atoms with Gasteiger partial charge in [0.1, 0.15) is 0 Å². The van der Waals surface area contributed by atoms with E-state index in [2.05, 4.69) is 0 Å². The van der Waals surface area contributed by atoms with Gasteiger partial charge >= 0.3 is 5.69 Å². The Morgan fingerprint density at radius 1 is 1.52 bits per heavy atom. The van der Waals surface area contributed by atoms with Crippen molar-refractivity contribution >= 4 is 11.6 Å². The fraction of sp³-hybridized carbons (Fsp3) is 0.500. The Kier molecular flexibility index (Phi) is 4.42. The second-order valence-electron chi connectivity index (χ2n) is 5.43. The lowest BCUT2D eigenvalue weighted by atomic mass is 9.95. The first-order valence-electron chi connectivity index (χ1n) is 6.75. The van der Waals surface area contributed by atoms with Gasteiger partial charge in [0.25, 0.3) is 5.91 Å². The van der Waals surface area contributed by atoms with Crippen molar-refractivity contribution in [2.75, 3.05) is 19.7 Å². The number of nitrogens with zero attached hydrogens (tertiary/aromatic N) is 2. The molecule has 0 spiro atoms. The van der Waals surface area contributed by atoms with Crippen LogP contribution in [0.2, 0.25) is 0 Å². The number of carbonyl (C=O) groups is 1. The summed E-state index contributed by atoms with van der Waals surface area (Å²) >= 11 is 0. The molecule has 1 saturated heterocycles. The van der Waals surface area contributed by atoms with Crippen molar-refractivity contribution in [2.24, 2.45) is 0 Å². The van der Waals surface area contributed by atoms with Gasteiger partial charge in [-0.3, -0.25) is 14.9 Å². The second-order valence-corrected chi connectivity index (χ2v) is 5.43. The quantitative estimate of drug-likeness (QED) is 0.668. The molecule has 0 bridgehead atoms. The third kappa shape index (κ3) is 3.91. The standard InChI is InChI=1S/C14H18N2O5/c1-14(18)7-4-8-15(10-14)13(17)9-21-12-6-3-2-5-11(12)16(19)20/h2-3,5-6,18H,4,7-10H2,1H3. The van der Waals surface area contributed by atoms with Gasteiger partial charge in [0.15, 0.2) is 12.4 Å². The highest BCUT2D eigenvalue weighted by atomic mass is 16.6. The van der Waals surface area contributed by atoms with Crippen molar-refractivity contribution in [1.29, 1.82) is 0 Å². The number of amides is 1. The molecule has 1 heterocycles. The molecule has 2 rings (SSSR count). The van der Waals surface area contributed by atoms with Crippen molar-refractivity contribution in [2.45, 2.75) is 25.4 Å². The summed E-state index contributed by atoms with van der Waals surface area (Å²) in [6.45, 7) is 2.23. The zero-order chi connectivity index (χ0) is 15.5. The van der Waals surface area contributed by atoms with Gasteiger partial charge in [0.2, 0.25) is 0 Å². The van der Waals surface area contributed by atoms with Gasteiger partial charge in [-0.1, -0.05) is 12.1 Å². The molecule has 1 atom stereocenters. The van der Waals surface area contributed by atoms with Gasteiger partial charge in [-0.2, -0.15) is 0 Å². The maximum atomic E-state index is 12.1. The van der Waals surface area contributed by atoms with Crippen LogP contribution in [0.5, 0.6) is 5.75 Å². The highest BCUT2D eigenvalue weighted by Crippen LogP contribution is 2.26. The number of aliphatic hydroxyl groups is 1. The third-order valence-electron chi connectivity index (χ3n) is 3.44. The lowest BCUT2D eigenvalue weighted by molar-refractivity contribution is -0.385. The van der Waals surface area contributed by atoms with E-state index in [1.807, 2.05) is 0 Å². The summed E-state index contributed by atoms with van der Waals surface area (Å²) in [6.07, 6.45) is 1.38. The molecule has 1 aliphatic heterocycles. The molecule has 1 aromatic rings. The first-order chi connectivity index (χ1) is 9.89. The van der Waals surface area contributed by atoms with Gasteiger partial charge in [-0.15, -0.1) is 0 Å². The summed E-state index contributed by atoms with van der Waals surface area (Å²) in [5.41, 5.74) is -1.05. The second kappa shape index (κ2) is 6.09. The predicted octanol–water partition coefficient (Wildman–Crippen LogP) is 1.35. The maximum Gasteiger partial charge on any atom is 0.310 e. The number of nitro groups is 1. The lowest BCUT2D eigenvalue weighted by Crippen LogP contribution is -2.49. The number of rotatable bonds is 4.